The van der Waals surface area contributed by atoms with Crippen LogP contribution >= 0.6 is 0 Å². The summed E-state index contributed by atoms with van der Waals surface area (Å²) in [6, 6.07) is 20.9. The van der Waals surface area contributed by atoms with Crippen LogP contribution < -0.4 is 10.6 Å². The molecule has 3 aromatic rings. The van der Waals surface area contributed by atoms with Crippen LogP contribution in [-0.2, 0) is 20.7 Å². The number of benzene rings is 3. The maximum absolute atomic E-state index is 14.7. The lowest BCUT2D eigenvalue weighted by Crippen LogP contribution is -2.59. The highest BCUT2D eigenvalue weighted by atomic mass is 16.6. The molecule has 0 aliphatic heterocycles. The van der Waals surface area contributed by atoms with Crippen molar-refractivity contribution in [1.29, 1.82) is 0 Å². The Balaban J connectivity index is 2.14. The van der Waals surface area contributed by atoms with Crippen molar-refractivity contribution in [3.05, 3.63) is 95.6 Å². The lowest BCUT2D eigenvalue weighted by Gasteiger charge is -2.44. The zero-order chi connectivity index (χ0) is 31.1. The molecule has 42 heavy (non-hydrogen) atoms. The van der Waals surface area contributed by atoms with E-state index in [-0.39, 0.29) is 12.2 Å². The van der Waals surface area contributed by atoms with Gasteiger partial charge in [0.1, 0.15) is 23.4 Å². The van der Waals surface area contributed by atoms with Crippen molar-refractivity contribution < 1.29 is 24.2 Å². The van der Waals surface area contributed by atoms with Gasteiger partial charge in [0.05, 0.1) is 0 Å². The molecule has 8 nitrogen and oxygen atoms in total. The normalized spacial score (nSPS) is 13.0. The van der Waals surface area contributed by atoms with Crippen LogP contribution in [0.1, 0.15) is 70.7 Å². The molecule has 0 aliphatic carbocycles. The van der Waals surface area contributed by atoms with E-state index in [1.807, 2.05) is 76.2 Å². The molecule has 224 valence electrons. The highest BCUT2D eigenvalue weighted by Gasteiger charge is 2.43. The van der Waals surface area contributed by atoms with Crippen LogP contribution in [0, 0.1) is 6.92 Å². The van der Waals surface area contributed by atoms with E-state index in [2.05, 4.69) is 10.6 Å². The van der Waals surface area contributed by atoms with Crippen LogP contribution in [0.5, 0.6) is 5.75 Å². The summed E-state index contributed by atoms with van der Waals surface area (Å²) in [6.07, 6.45) is -0.0401. The number of carbonyl (C=O) groups excluding carboxylic acids is 3. The first kappa shape index (κ1) is 32.2. The Hall–Kier alpha value is -4.33. The quantitative estimate of drug-likeness (QED) is 0.255. The average Bonchev–Trinajstić information content (AvgIpc) is 2.91. The fourth-order valence-corrected chi connectivity index (χ4v) is 4.64. The number of phenolic OH excluding ortho intramolecular Hbond substituents is 1. The maximum Gasteiger partial charge on any atom is 0.408 e. The van der Waals surface area contributed by atoms with Gasteiger partial charge >= 0.3 is 6.09 Å². The SMILES string of the molecule is CCC(C)(C)N(C(=O)C(Cc1ccccc1)NC(=O)OC(C)(C)C)C(C(=O)Nc1ccccc1C)c1cccc(O)c1. The van der Waals surface area contributed by atoms with Gasteiger partial charge in [-0.1, -0.05) is 67.6 Å². The maximum atomic E-state index is 14.7. The molecule has 0 saturated heterocycles. The van der Waals surface area contributed by atoms with E-state index >= 15 is 0 Å². The number of aryl methyl sites for hydroxylation is 1. The third-order valence-electron chi connectivity index (χ3n) is 7.12. The number of alkyl carbamates (subject to hydrolysis) is 1. The lowest BCUT2D eigenvalue weighted by molar-refractivity contribution is -0.147. The topological polar surface area (TPSA) is 108 Å². The minimum Gasteiger partial charge on any atom is -0.508 e. The Bertz CT molecular complexity index is 1380. The first-order valence-electron chi connectivity index (χ1n) is 14.2. The predicted octanol–water partition coefficient (Wildman–Crippen LogP) is 6.53. The third-order valence-corrected chi connectivity index (χ3v) is 7.12. The van der Waals surface area contributed by atoms with E-state index in [0.29, 0.717) is 17.7 Å². The number of anilines is 1. The fraction of sp³-hybridized carbons (Fsp3) is 0.382. The van der Waals surface area contributed by atoms with E-state index in [4.69, 9.17) is 4.74 Å². The smallest absolute Gasteiger partial charge is 0.408 e. The Labute approximate surface area is 249 Å². The number of carbonyl (C=O) groups is 3. The van der Waals surface area contributed by atoms with Crippen LogP contribution in [0.2, 0.25) is 0 Å². The molecule has 3 amide bonds. The first-order chi connectivity index (χ1) is 19.7. The Morgan fingerprint density at radius 3 is 2.14 bits per heavy atom. The zero-order valence-electron chi connectivity index (χ0n) is 25.6. The summed E-state index contributed by atoms with van der Waals surface area (Å²) in [5.74, 6) is -0.930. The minimum atomic E-state index is -1.13. The number of hydrogen-bond acceptors (Lipinski definition) is 5. The molecule has 0 spiro atoms. The summed E-state index contributed by atoms with van der Waals surface area (Å²) in [7, 11) is 0. The van der Waals surface area contributed by atoms with Gasteiger partial charge in [-0.2, -0.15) is 0 Å². The van der Waals surface area contributed by atoms with Gasteiger partial charge in [-0.05, 0) is 82.9 Å². The highest BCUT2D eigenvalue weighted by molar-refractivity contribution is 5.99. The summed E-state index contributed by atoms with van der Waals surface area (Å²) in [5.41, 5.74) is 1.14. The molecule has 3 aromatic carbocycles. The molecule has 0 saturated carbocycles. The van der Waals surface area contributed by atoms with Crippen LogP contribution in [0.3, 0.4) is 0 Å². The first-order valence-corrected chi connectivity index (χ1v) is 14.2. The second-order valence-corrected chi connectivity index (χ2v) is 12.1. The van der Waals surface area contributed by atoms with E-state index in [1.165, 1.54) is 17.0 Å². The van der Waals surface area contributed by atoms with Crippen LogP contribution in [0.25, 0.3) is 0 Å². The minimum absolute atomic E-state index is 0.0318. The number of amides is 3. The van der Waals surface area contributed by atoms with Gasteiger partial charge in [0.15, 0.2) is 0 Å². The molecule has 3 rings (SSSR count). The second-order valence-electron chi connectivity index (χ2n) is 12.1. The third kappa shape index (κ3) is 8.59. The molecule has 0 fully saturated rings. The van der Waals surface area contributed by atoms with Gasteiger partial charge in [-0.3, -0.25) is 9.59 Å². The highest BCUT2D eigenvalue weighted by Crippen LogP contribution is 2.34. The molecule has 0 radical (unpaired) electrons. The van der Waals surface area contributed by atoms with Gasteiger partial charge in [0.2, 0.25) is 5.91 Å². The van der Waals surface area contributed by atoms with Crippen molar-refractivity contribution >= 4 is 23.6 Å². The fourth-order valence-electron chi connectivity index (χ4n) is 4.64. The summed E-state index contributed by atoms with van der Waals surface area (Å²) in [6.45, 7) is 12.8. The molecule has 3 N–H and O–H groups in total. The van der Waals surface area contributed by atoms with Gasteiger partial charge < -0.3 is 25.4 Å². The summed E-state index contributed by atoms with van der Waals surface area (Å²) >= 11 is 0. The molecule has 0 aromatic heterocycles. The number of nitrogens with one attached hydrogen (secondary N) is 2. The molecule has 8 heteroatoms. The summed E-state index contributed by atoms with van der Waals surface area (Å²) in [5, 5.41) is 16.2. The van der Waals surface area contributed by atoms with Crippen molar-refractivity contribution in [2.45, 2.75) is 84.5 Å². The number of rotatable bonds is 10. The molecular formula is C34H43N3O5. The van der Waals surface area contributed by atoms with Crippen molar-refractivity contribution in [1.82, 2.24) is 10.2 Å². The molecule has 0 bridgehead atoms. The number of phenols is 1. The van der Waals surface area contributed by atoms with E-state index in [0.717, 1.165) is 11.1 Å². The van der Waals surface area contributed by atoms with Crippen LogP contribution in [-0.4, -0.2) is 45.1 Å². The van der Waals surface area contributed by atoms with Gasteiger partial charge in [-0.15, -0.1) is 0 Å². The number of para-hydroxylation sites is 1. The number of hydrogen-bond donors (Lipinski definition) is 3. The molecule has 2 atom stereocenters. The largest absolute Gasteiger partial charge is 0.508 e. The van der Waals surface area contributed by atoms with Gasteiger partial charge in [0.25, 0.3) is 5.91 Å². The van der Waals surface area contributed by atoms with Crippen molar-refractivity contribution in [2.75, 3.05) is 5.32 Å². The second kappa shape index (κ2) is 13.6. The van der Waals surface area contributed by atoms with Crippen LogP contribution in [0.15, 0.2) is 78.9 Å². The van der Waals surface area contributed by atoms with E-state index in [9.17, 15) is 19.5 Å². The number of ether oxygens (including phenoxy) is 1. The van der Waals surface area contributed by atoms with E-state index in [1.54, 1.807) is 39.0 Å². The molecular weight excluding hydrogens is 530 g/mol. The Morgan fingerprint density at radius 1 is 0.905 bits per heavy atom. The van der Waals surface area contributed by atoms with Crippen LogP contribution in [0.4, 0.5) is 10.5 Å². The van der Waals surface area contributed by atoms with Crippen molar-refractivity contribution in [3.63, 3.8) is 0 Å². The Kier molecular flexibility index (Phi) is 10.4. The lowest BCUT2D eigenvalue weighted by atomic mass is 9.91. The molecule has 0 heterocycles. The van der Waals surface area contributed by atoms with Gasteiger partial charge in [0, 0.05) is 17.6 Å². The number of nitrogens with zero attached hydrogens (tertiary/aromatic N) is 1. The predicted molar refractivity (Wildman–Crippen MR) is 165 cm³/mol. The summed E-state index contributed by atoms with van der Waals surface area (Å²) < 4.78 is 5.52. The van der Waals surface area contributed by atoms with E-state index < -0.39 is 41.1 Å². The monoisotopic (exact) mass is 573 g/mol. The molecule has 0 aliphatic rings. The summed E-state index contributed by atoms with van der Waals surface area (Å²) in [4.78, 5) is 43.4. The Morgan fingerprint density at radius 2 is 1.55 bits per heavy atom. The average molecular weight is 574 g/mol. The number of aromatic hydroxyl groups is 1. The molecule has 2 unspecified atom stereocenters. The zero-order valence-corrected chi connectivity index (χ0v) is 25.6. The van der Waals surface area contributed by atoms with Gasteiger partial charge in [-0.25, -0.2) is 4.79 Å². The van der Waals surface area contributed by atoms with Crippen molar-refractivity contribution in [3.8, 4) is 5.75 Å². The standard InChI is InChI=1S/C34H43N3O5/c1-8-34(6,7)37(31(40)28(21-24-16-10-9-11-17-24)36-32(41)42-33(3,4)5)29(25-18-14-19-26(38)22-25)30(39)35-27-20-13-12-15-23(27)2/h9-20,22,28-29,38H,8,21H2,1-7H3,(H,35,39)(H,36,41). The van der Waals surface area contributed by atoms with Crippen molar-refractivity contribution in [2.24, 2.45) is 0 Å².